The van der Waals surface area contributed by atoms with Crippen molar-refractivity contribution in [2.75, 3.05) is 13.2 Å². The largest absolute Gasteiger partial charge is 0.381 e. The fourth-order valence-electron chi connectivity index (χ4n) is 2.28. The zero-order chi connectivity index (χ0) is 12.3. The van der Waals surface area contributed by atoms with Crippen molar-refractivity contribution in [2.24, 2.45) is 13.0 Å². The van der Waals surface area contributed by atoms with E-state index < -0.39 is 0 Å². The maximum absolute atomic E-state index is 12.2. The Labute approximate surface area is 102 Å². The molecule has 2 rings (SSSR count). The number of Topliss-reactive ketones (excluding diaryl/α,β-unsaturated/α-hetero) is 1. The highest BCUT2D eigenvalue weighted by Crippen LogP contribution is 2.21. The van der Waals surface area contributed by atoms with Gasteiger partial charge in [0, 0.05) is 26.7 Å². The Morgan fingerprint density at radius 1 is 1.53 bits per heavy atom. The summed E-state index contributed by atoms with van der Waals surface area (Å²) in [6.45, 7) is 3.64. The number of rotatable bonds is 4. The SMILES string of the molecule is CCc1cc(C(=O)CC2CCOCC2)n(C)n1. The second-order valence-corrected chi connectivity index (χ2v) is 4.68. The Balaban J connectivity index is 2.00. The Morgan fingerprint density at radius 2 is 2.24 bits per heavy atom. The molecule has 1 saturated heterocycles. The van der Waals surface area contributed by atoms with Crippen LogP contribution in [0.25, 0.3) is 0 Å². The summed E-state index contributed by atoms with van der Waals surface area (Å²) in [5.74, 6) is 0.697. The first-order valence-corrected chi connectivity index (χ1v) is 6.34. The molecule has 4 nitrogen and oxygen atoms in total. The minimum absolute atomic E-state index is 0.214. The standard InChI is InChI=1S/C13H20N2O2/c1-3-11-9-12(15(2)14-11)13(16)8-10-4-6-17-7-5-10/h9-10H,3-8H2,1-2H3. The second kappa shape index (κ2) is 5.45. The van der Waals surface area contributed by atoms with Crippen molar-refractivity contribution in [3.05, 3.63) is 17.5 Å². The first-order valence-electron chi connectivity index (χ1n) is 6.34. The van der Waals surface area contributed by atoms with Gasteiger partial charge in [0.15, 0.2) is 5.78 Å². The molecule has 4 heteroatoms. The van der Waals surface area contributed by atoms with Crippen LogP contribution >= 0.6 is 0 Å². The number of aryl methyl sites for hydroxylation is 2. The van der Waals surface area contributed by atoms with Crippen LogP contribution in [0.3, 0.4) is 0 Å². The third-order valence-electron chi connectivity index (χ3n) is 3.39. The van der Waals surface area contributed by atoms with Crippen molar-refractivity contribution >= 4 is 5.78 Å². The summed E-state index contributed by atoms with van der Waals surface area (Å²) in [6, 6.07) is 1.92. The van der Waals surface area contributed by atoms with Crippen molar-refractivity contribution in [1.29, 1.82) is 0 Å². The van der Waals surface area contributed by atoms with Gasteiger partial charge in [-0.15, -0.1) is 0 Å². The van der Waals surface area contributed by atoms with Crippen LogP contribution in [0.1, 0.15) is 42.4 Å². The second-order valence-electron chi connectivity index (χ2n) is 4.68. The summed E-state index contributed by atoms with van der Waals surface area (Å²) < 4.78 is 7.01. The van der Waals surface area contributed by atoms with E-state index in [1.54, 1.807) is 4.68 Å². The van der Waals surface area contributed by atoms with Gasteiger partial charge in [-0.05, 0) is 31.2 Å². The van der Waals surface area contributed by atoms with E-state index in [0.29, 0.717) is 12.3 Å². The number of nitrogens with zero attached hydrogens (tertiary/aromatic N) is 2. The summed E-state index contributed by atoms with van der Waals surface area (Å²) in [5, 5.41) is 4.31. The predicted molar refractivity (Wildman–Crippen MR) is 65.1 cm³/mol. The lowest BCUT2D eigenvalue weighted by Crippen LogP contribution is -2.19. The van der Waals surface area contributed by atoms with Gasteiger partial charge in [0.25, 0.3) is 0 Å². The molecule has 0 spiro atoms. The summed E-state index contributed by atoms with van der Waals surface area (Å²) in [5.41, 5.74) is 1.73. The summed E-state index contributed by atoms with van der Waals surface area (Å²) >= 11 is 0. The monoisotopic (exact) mass is 236 g/mol. The molecule has 17 heavy (non-hydrogen) atoms. The molecule has 0 aliphatic carbocycles. The lowest BCUT2D eigenvalue weighted by Gasteiger charge is -2.21. The quantitative estimate of drug-likeness (QED) is 0.751. The molecule has 1 aliphatic rings. The van der Waals surface area contributed by atoms with E-state index >= 15 is 0 Å². The predicted octanol–water partition coefficient (Wildman–Crippen LogP) is 1.98. The van der Waals surface area contributed by atoms with E-state index in [2.05, 4.69) is 12.0 Å². The minimum atomic E-state index is 0.214. The van der Waals surface area contributed by atoms with Crippen molar-refractivity contribution in [1.82, 2.24) is 9.78 Å². The first kappa shape index (κ1) is 12.3. The topological polar surface area (TPSA) is 44.1 Å². The molecule has 0 unspecified atom stereocenters. The minimum Gasteiger partial charge on any atom is -0.381 e. The lowest BCUT2D eigenvalue weighted by molar-refractivity contribution is 0.0598. The van der Waals surface area contributed by atoms with Crippen LogP contribution in [0, 0.1) is 5.92 Å². The molecule has 0 bridgehead atoms. The molecule has 0 aromatic carbocycles. The molecular weight excluding hydrogens is 216 g/mol. The zero-order valence-corrected chi connectivity index (χ0v) is 10.6. The van der Waals surface area contributed by atoms with E-state index in [1.807, 2.05) is 13.1 Å². The highest BCUT2D eigenvalue weighted by molar-refractivity contribution is 5.94. The average molecular weight is 236 g/mol. The highest BCUT2D eigenvalue weighted by Gasteiger charge is 2.20. The molecule has 1 fully saturated rings. The van der Waals surface area contributed by atoms with Crippen LogP contribution in [-0.2, 0) is 18.2 Å². The fraction of sp³-hybridized carbons (Fsp3) is 0.692. The van der Waals surface area contributed by atoms with Gasteiger partial charge in [-0.3, -0.25) is 9.48 Å². The number of carbonyl (C=O) groups is 1. The summed E-state index contributed by atoms with van der Waals surface area (Å²) in [6.07, 6.45) is 3.51. The van der Waals surface area contributed by atoms with Gasteiger partial charge < -0.3 is 4.74 Å². The van der Waals surface area contributed by atoms with Crippen molar-refractivity contribution in [3.8, 4) is 0 Å². The van der Waals surface area contributed by atoms with Gasteiger partial charge in [-0.2, -0.15) is 5.10 Å². The van der Waals surface area contributed by atoms with E-state index in [-0.39, 0.29) is 5.78 Å². The molecule has 2 heterocycles. The molecule has 1 aromatic heterocycles. The van der Waals surface area contributed by atoms with Crippen molar-refractivity contribution in [3.63, 3.8) is 0 Å². The van der Waals surface area contributed by atoms with Crippen LogP contribution in [0.4, 0.5) is 0 Å². The van der Waals surface area contributed by atoms with E-state index in [4.69, 9.17) is 4.74 Å². The number of ketones is 1. The van der Waals surface area contributed by atoms with E-state index in [0.717, 1.165) is 43.9 Å². The zero-order valence-electron chi connectivity index (χ0n) is 10.6. The number of aromatic nitrogens is 2. The van der Waals surface area contributed by atoms with Gasteiger partial charge in [-0.25, -0.2) is 0 Å². The number of ether oxygens (including phenoxy) is 1. The van der Waals surface area contributed by atoms with Crippen LogP contribution in [0.5, 0.6) is 0 Å². The molecule has 0 saturated carbocycles. The maximum atomic E-state index is 12.2. The molecule has 1 aromatic rings. The van der Waals surface area contributed by atoms with Gasteiger partial charge in [-0.1, -0.05) is 6.92 Å². The molecular formula is C13H20N2O2. The van der Waals surface area contributed by atoms with Crippen molar-refractivity contribution in [2.45, 2.75) is 32.6 Å². The lowest BCUT2D eigenvalue weighted by atomic mass is 9.93. The van der Waals surface area contributed by atoms with E-state index in [9.17, 15) is 4.79 Å². The molecule has 0 amide bonds. The Kier molecular flexibility index (Phi) is 3.94. The van der Waals surface area contributed by atoms with Gasteiger partial charge in [0.05, 0.1) is 5.69 Å². The fourth-order valence-corrected chi connectivity index (χ4v) is 2.28. The average Bonchev–Trinajstić information content (AvgIpc) is 2.72. The third kappa shape index (κ3) is 2.94. The van der Waals surface area contributed by atoms with Gasteiger partial charge >= 0.3 is 0 Å². The van der Waals surface area contributed by atoms with Crippen LogP contribution in [-0.4, -0.2) is 28.8 Å². The Morgan fingerprint density at radius 3 is 2.82 bits per heavy atom. The number of hydrogen-bond donors (Lipinski definition) is 0. The van der Waals surface area contributed by atoms with Crippen molar-refractivity contribution < 1.29 is 9.53 Å². The number of hydrogen-bond acceptors (Lipinski definition) is 3. The summed E-state index contributed by atoms with van der Waals surface area (Å²) in [4.78, 5) is 12.2. The van der Waals surface area contributed by atoms with Crippen LogP contribution in [0.15, 0.2) is 6.07 Å². The van der Waals surface area contributed by atoms with Gasteiger partial charge in [0.2, 0.25) is 0 Å². The molecule has 0 N–H and O–H groups in total. The smallest absolute Gasteiger partial charge is 0.181 e. The Hall–Kier alpha value is -1.16. The van der Waals surface area contributed by atoms with Crippen LogP contribution in [0.2, 0.25) is 0 Å². The molecule has 0 radical (unpaired) electrons. The normalized spacial score (nSPS) is 17.3. The molecule has 1 aliphatic heterocycles. The highest BCUT2D eigenvalue weighted by atomic mass is 16.5. The van der Waals surface area contributed by atoms with Gasteiger partial charge in [0.1, 0.15) is 5.69 Å². The molecule has 94 valence electrons. The Bertz CT molecular complexity index is 392. The molecule has 0 atom stereocenters. The maximum Gasteiger partial charge on any atom is 0.181 e. The van der Waals surface area contributed by atoms with E-state index in [1.165, 1.54) is 0 Å². The number of carbonyl (C=O) groups excluding carboxylic acids is 1. The first-order chi connectivity index (χ1) is 8.20. The van der Waals surface area contributed by atoms with Crippen LogP contribution < -0.4 is 0 Å². The summed E-state index contributed by atoms with van der Waals surface area (Å²) in [7, 11) is 1.84. The third-order valence-corrected chi connectivity index (χ3v) is 3.39.